The molecule has 0 fully saturated rings. The third kappa shape index (κ3) is 3.23. The Hall–Kier alpha value is -4.10. The van der Waals surface area contributed by atoms with Gasteiger partial charge >= 0.3 is 0 Å². The topological polar surface area (TPSA) is 12.0 Å². The average molecular weight is 478 g/mol. The lowest BCUT2D eigenvalue weighted by atomic mass is 9.81. The summed E-state index contributed by atoms with van der Waals surface area (Å²) >= 11 is 0. The van der Waals surface area contributed by atoms with Gasteiger partial charge in [0.2, 0.25) is 0 Å². The summed E-state index contributed by atoms with van der Waals surface area (Å²) in [5.74, 6) is 0. The van der Waals surface area contributed by atoms with Crippen LogP contribution in [0.15, 0.2) is 109 Å². The van der Waals surface area contributed by atoms with Crippen LogP contribution in [0.2, 0.25) is 0 Å². The molecule has 2 aliphatic carbocycles. The van der Waals surface area contributed by atoms with Gasteiger partial charge in [-0.3, -0.25) is 0 Å². The zero-order chi connectivity index (χ0) is 25.4. The molecule has 0 radical (unpaired) electrons. The second-order valence-electron chi connectivity index (χ2n) is 11.6. The fraction of sp³-hybridized carbons (Fsp3) is 0.167. The van der Waals surface area contributed by atoms with E-state index in [2.05, 4.69) is 142 Å². The van der Waals surface area contributed by atoms with Crippen molar-refractivity contribution in [3.63, 3.8) is 0 Å². The van der Waals surface area contributed by atoms with Gasteiger partial charge in [-0.05, 0) is 86.0 Å². The van der Waals surface area contributed by atoms with E-state index in [1.165, 1.54) is 55.6 Å². The molecular weight excluding hydrogens is 446 g/mol. The van der Waals surface area contributed by atoms with Crippen molar-refractivity contribution in [3.05, 3.63) is 131 Å². The van der Waals surface area contributed by atoms with Crippen molar-refractivity contribution in [3.8, 4) is 33.4 Å². The summed E-state index contributed by atoms with van der Waals surface area (Å²) in [6.07, 6.45) is 0. The SMILES string of the molecule is CC1(C)c2ccccc2-c2ccc(Nc3ccc4c(c3)C(C)(C)c3cc(-c5ccccc5)ccc3-4)cc21. The molecule has 0 amide bonds. The summed E-state index contributed by atoms with van der Waals surface area (Å²) in [5.41, 5.74) is 15.7. The number of hydrogen-bond acceptors (Lipinski definition) is 1. The van der Waals surface area contributed by atoms with Crippen molar-refractivity contribution >= 4 is 11.4 Å². The number of fused-ring (bicyclic) bond motifs is 6. The van der Waals surface area contributed by atoms with E-state index in [9.17, 15) is 0 Å². The maximum absolute atomic E-state index is 3.73. The van der Waals surface area contributed by atoms with Crippen LogP contribution >= 0.6 is 0 Å². The van der Waals surface area contributed by atoms with Gasteiger partial charge in [-0.2, -0.15) is 0 Å². The van der Waals surface area contributed by atoms with E-state index < -0.39 is 0 Å². The first-order valence-corrected chi connectivity index (χ1v) is 13.2. The Balaban J connectivity index is 1.24. The number of anilines is 2. The van der Waals surface area contributed by atoms with Gasteiger partial charge in [0.05, 0.1) is 0 Å². The van der Waals surface area contributed by atoms with Crippen LogP contribution in [0.3, 0.4) is 0 Å². The Bertz CT molecular complexity index is 1690. The quantitative estimate of drug-likeness (QED) is 0.273. The second-order valence-corrected chi connectivity index (χ2v) is 11.6. The molecule has 2 aliphatic rings. The van der Waals surface area contributed by atoms with E-state index in [0.717, 1.165) is 11.4 Å². The molecule has 0 aliphatic heterocycles. The maximum Gasteiger partial charge on any atom is 0.0387 e. The molecule has 5 aromatic rings. The van der Waals surface area contributed by atoms with Crippen molar-refractivity contribution in [1.82, 2.24) is 0 Å². The Morgan fingerprint density at radius 1 is 0.405 bits per heavy atom. The predicted octanol–water partition coefficient (Wildman–Crippen LogP) is 9.71. The normalized spacial score (nSPS) is 15.5. The first-order chi connectivity index (χ1) is 17.8. The highest BCUT2D eigenvalue weighted by atomic mass is 14.9. The highest BCUT2D eigenvalue weighted by Crippen LogP contribution is 2.51. The minimum Gasteiger partial charge on any atom is -0.356 e. The van der Waals surface area contributed by atoms with E-state index in [1.54, 1.807) is 0 Å². The van der Waals surface area contributed by atoms with Crippen molar-refractivity contribution in [2.24, 2.45) is 0 Å². The molecule has 1 N–H and O–H groups in total. The van der Waals surface area contributed by atoms with Crippen LogP contribution in [0.4, 0.5) is 11.4 Å². The lowest BCUT2D eigenvalue weighted by Crippen LogP contribution is -2.15. The van der Waals surface area contributed by atoms with Gasteiger partial charge in [0.1, 0.15) is 0 Å². The summed E-state index contributed by atoms with van der Waals surface area (Å²) < 4.78 is 0. The maximum atomic E-state index is 3.73. The average Bonchev–Trinajstić information content (AvgIpc) is 3.28. The summed E-state index contributed by atoms with van der Waals surface area (Å²) in [7, 11) is 0. The predicted molar refractivity (Wildman–Crippen MR) is 157 cm³/mol. The molecule has 0 unspecified atom stereocenters. The number of rotatable bonds is 3. The molecule has 0 bridgehead atoms. The van der Waals surface area contributed by atoms with Gasteiger partial charge in [-0.15, -0.1) is 0 Å². The molecule has 1 nitrogen and oxygen atoms in total. The van der Waals surface area contributed by atoms with E-state index in [1.807, 2.05) is 0 Å². The molecule has 0 heterocycles. The summed E-state index contributed by atoms with van der Waals surface area (Å²) in [6.45, 7) is 9.37. The van der Waals surface area contributed by atoms with Crippen molar-refractivity contribution in [1.29, 1.82) is 0 Å². The highest BCUT2D eigenvalue weighted by molar-refractivity contribution is 5.86. The standard InChI is InChI=1S/C36H31N/c1-35(2)31-13-9-8-12-27(31)29-18-15-25(21-33(29)35)37-26-16-19-30-28-17-14-24(23-10-6-5-7-11-23)20-32(28)36(3,4)34(30)22-26/h5-22,37H,1-4H3. The number of benzene rings is 5. The second kappa shape index (κ2) is 7.70. The van der Waals surface area contributed by atoms with E-state index in [-0.39, 0.29) is 10.8 Å². The van der Waals surface area contributed by atoms with Crippen molar-refractivity contribution in [2.45, 2.75) is 38.5 Å². The van der Waals surface area contributed by atoms with Crippen LogP contribution in [-0.4, -0.2) is 0 Å². The Labute approximate surface area is 219 Å². The minimum absolute atomic E-state index is 0.00163. The Morgan fingerprint density at radius 3 is 1.54 bits per heavy atom. The van der Waals surface area contributed by atoms with Crippen LogP contribution in [0.1, 0.15) is 49.9 Å². The molecule has 37 heavy (non-hydrogen) atoms. The first kappa shape index (κ1) is 22.1. The largest absolute Gasteiger partial charge is 0.356 e. The van der Waals surface area contributed by atoms with Crippen LogP contribution in [-0.2, 0) is 10.8 Å². The van der Waals surface area contributed by atoms with Crippen molar-refractivity contribution < 1.29 is 0 Å². The Kier molecular flexibility index (Phi) is 4.60. The number of hydrogen-bond donors (Lipinski definition) is 1. The van der Waals surface area contributed by atoms with Crippen LogP contribution in [0.25, 0.3) is 33.4 Å². The molecule has 7 rings (SSSR count). The molecule has 0 spiro atoms. The summed E-state index contributed by atoms with van der Waals surface area (Å²) in [6, 6.07) is 40.1. The fourth-order valence-corrected chi connectivity index (χ4v) is 6.57. The third-order valence-electron chi connectivity index (χ3n) is 8.66. The molecule has 0 aromatic heterocycles. The molecule has 0 atom stereocenters. The van der Waals surface area contributed by atoms with Gasteiger partial charge in [0.25, 0.3) is 0 Å². The van der Waals surface area contributed by atoms with Gasteiger partial charge in [0.15, 0.2) is 0 Å². The first-order valence-electron chi connectivity index (χ1n) is 13.2. The van der Waals surface area contributed by atoms with Gasteiger partial charge in [0, 0.05) is 22.2 Å². The van der Waals surface area contributed by atoms with Gasteiger partial charge in [-0.25, -0.2) is 0 Å². The number of nitrogens with one attached hydrogen (secondary N) is 1. The van der Waals surface area contributed by atoms with Crippen molar-refractivity contribution in [2.75, 3.05) is 5.32 Å². The molecular formula is C36H31N. The smallest absolute Gasteiger partial charge is 0.0387 e. The summed E-state index contributed by atoms with van der Waals surface area (Å²) in [4.78, 5) is 0. The molecule has 0 saturated carbocycles. The van der Waals surface area contributed by atoms with Gasteiger partial charge in [-0.1, -0.05) is 107 Å². The lowest BCUT2D eigenvalue weighted by Gasteiger charge is -2.23. The van der Waals surface area contributed by atoms with Crippen LogP contribution in [0.5, 0.6) is 0 Å². The van der Waals surface area contributed by atoms with E-state index >= 15 is 0 Å². The molecule has 1 heteroatoms. The van der Waals surface area contributed by atoms with E-state index in [0.29, 0.717) is 0 Å². The van der Waals surface area contributed by atoms with E-state index in [4.69, 9.17) is 0 Å². The minimum atomic E-state index is -0.0608. The third-order valence-corrected chi connectivity index (χ3v) is 8.66. The van der Waals surface area contributed by atoms with Gasteiger partial charge < -0.3 is 5.32 Å². The van der Waals surface area contributed by atoms with Crippen LogP contribution < -0.4 is 5.32 Å². The zero-order valence-electron chi connectivity index (χ0n) is 21.9. The lowest BCUT2D eigenvalue weighted by molar-refractivity contribution is 0.660. The Morgan fingerprint density at radius 2 is 0.892 bits per heavy atom. The fourth-order valence-electron chi connectivity index (χ4n) is 6.57. The summed E-state index contributed by atoms with van der Waals surface area (Å²) in [5, 5.41) is 3.73. The van der Waals surface area contributed by atoms with Crippen LogP contribution in [0, 0.1) is 0 Å². The highest BCUT2D eigenvalue weighted by Gasteiger charge is 2.37. The molecule has 5 aromatic carbocycles. The monoisotopic (exact) mass is 477 g/mol. The molecule has 0 saturated heterocycles. The molecule has 180 valence electrons. The zero-order valence-corrected chi connectivity index (χ0v) is 21.9.